The van der Waals surface area contributed by atoms with Gasteiger partial charge in [-0.2, -0.15) is 5.10 Å². The van der Waals surface area contributed by atoms with Crippen LogP contribution in [0.15, 0.2) is 55.0 Å². The molecule has 0 saturated carbocycles. The SMILES string of the molecule is COc1cc(OC)cc(N(CCO[Si](C)(C)C(C)(C)C)c2ccc3ncc(-c4cnn(CCCN5CCN(CCO)CC5)c4)nc3c2)c1. The first-order chi connectivity index (χ1) is 23.0. The van der Waals surface area contributed by atoms with Gasteiger partial charge < -0.3 is 28.8 Å². The predicted molar refractivity (Wildman–Crippen MR) is 195 cm³/mol. The zero-order valence-electron chi connectivity index (χ0n) is 29.8. The number of nitrogens with zero attached hydrogens (tertiary/aromatic N) is 7. The van der Waals surface area contributed by atoms with Gasteiger partial charge in [0, 0.05) is 87.1 Å². The molecule has 0 atom stereocenters. The quantitative estimate of drug-likeness (QED) is 0.159. The molecule has 0 spiro atoms. The number of aryl methyl sites for hydroxylation is 1. The van der Waals surface area contributed by atoms with E-state index in [1.54, 1.807) is 14.2 Å². The van der Waals surface area contributed by atoms with Crippen molar-refractivity contribution in [2.24, 2.45) is 0 Å². The third-order valence-corrected chi connectivity index (χ3v) is 14.3. The molecule has 1 aliphatic rings. The number of aromatic nitrogens is 4. The standard InChI is InChI=1S/C36H53N7O4Si/c1-36(2,3)48(6,7)47-20-18-43(30-21-31(45-4)24-32(22-30)46-5)29-9-10-33-34(23-29)39-35(26-37-33)28-25-38-42(27-28)12-8-11-40-13-15-41(16-14-40)17-19-44/h9-10,21-27,44H,8,11-20H2,1-7H3. The second kappa shape index (κ2) is 15.8. The third kappa shape index (κ3) is 8.91. The lowest BCUT2D eigenvalue weighted by molar-refractivity contribution is 0.111. The van der Waals surface area contributed by atoms with Crippen LogP contribution in [0.4, 0.5) is 11.4 Å². The van der Waals surface area contributed by atoms with Gasteiger partial charge in [0.15, 0.2) is 8.32 Å². The molecule has 260 valence electrons. The van der Waals surface area contributed by atoms with E-state index in [-0.39, 0.29) is 11.6 Å². The van der Waals surface area contributed by atoms with Gasteiger partial charge in [-0.25, -0.2) is 4.98 Å². The van der Waals surface area contributed by atoms with E-state index in [0.717, 1.165) is 97.4 Å². The minimum Gasteiger partial charge on any atom is -0.497 e. The summed E-state index contributed by atoms with van der Waals surface area (Å²) in [5.74, 6) is 1.44. The highest BCUT2D eigenvalue weighted by atomic mass is 28.4. The number of aliphatic hydroxyl groups is 1. The van der Waals surface area contributed by atoms with Crippen molar-refractivity contribution in [1.29, 1.82) is 0 Å². The van der Waals surface area contributed by atoms with Crippen molar-refractivity contribution in [2.45, 2.75) is 51.9 Å². The Balaban J connectivity index is 1.33. The summed E-state index contributed by atoms with van der Waals surface area (Å²) in [5.41, 5.74) is 5.31. The number of β-amino-alcohol motifs (C(OH)–C–C–N with tert-alkyl or cyclic N) is 1. The second-order valence-corrected chi connectivity index (χ2v) is 18.8. The van der Waals surface area contributed by atoms with Crippen molar-refractivity contribution in [2.75, 3.05) is 78.1 Å². The molecule has 1 saturated heterocycles. The summed E-state index contributed by atoms with van der Waals surface area (Å²) in [5, 5.41) is 13.9. The maximum atomic E-state index is 9.18. The Morgan fingerprint density at radius 2 is 1.54 bits per heavy atom. The van der Waals surface area contributed by atoms with Crippen LogP contribution in [-0.4, -0.2) is 116 Å². The predicted octanol–water partition coefficient (Wildman–Crippen LogP) is 5.67. The monoisotopic (exact) mass is 675 g/mol. The van der Waals surface area contributed by atoms with Crippen molar-refractivity contribution in [3.8, 4) is 22.8 Å². The van der Waals surface area contributed by atoms with Gasteiger partial charge in [-0.1, -0.05) is 20.8 Å². The molecule has 4 aromatic rings. The number of aliphatic hydroxyl groups excluding tert-OH is 1. The summed E-state index contributed by atoms with van der Waals surface area (Å²) in [4.78, 5) is 16.8. The molecule has 1 fully saturated rings. The van der Waals surface area contributed by atoms with Crippen LogP contribution in [0.25, 0.3) is 22.3 Å². The van der Waals surface area contributed by atoms with E-state index >= 15 is 0 Å². The molecule has 0 aliphatic carbocycles. The number of hydrogen-bond acceptors (Lipinski definition) is 10. The molecule has 0 bridgehead atoms. The van der Waals surface area contributed by atoms with Crippen molar-refractivity contribution in [3.05, 3.63) is 55.0 Å². The smallest absolute Gasteiger partial charge is 0.192 e. The number of hydrogen-bond donors (Lipinski definition) is 1. The lowest BCUT2D eigenvalue weighted by Crippen LogP contribution is -2.47. The minimum absolute atomic E-state index is 0.122. The number of methoxy groups -OCH3 is 2. The van der Waals surface area contributed by atoms with Crippen LogP contribution in [0.3, 0.4) is 0 Å². The molecular weight excluding hydrogens is 623 g/mol. The molecule has 0 unspecified atom stereocenters. The summed E-state index contributed by atoms with van der Waals surface area (Å²) >= 11 is 0. The first-order valence-electron chi connectivity index (χ1n) is 17.0. The zero-order chi connectivity index (χ0) is 34.3. The summed E-state index contributed by atoms with van der Waals surface area (Å²) in [7, 11) is 1.40. The molecule has 2 aromatic heterocycles. The maximum absolute atomic E-state index is 9.18. The normalized spacial score (nSPS) is 14.8. The Hall–Kier alpha value is -3.55. The third-order valence-electron chi connectivity index (χ3n) is 9.74. The van der Waals surface area contributed by atoms with Crippen LogP contribution in [0.2, 0.25) is 18.1 Å². The molecule has 11 nitrogen and oxygen atoms in total. The number of benzene rings is 2. The van der Waals surface area contributed by atoms with Crippen molar-refractivity contribution < 1.29 is 19.0 Å². The Bertz CT molecular complexity index is 1610. The molecule has 1 aliphatic heterocycles. The molecule has 48 heavy (non-hydrogen) atoms. The van der Waals surface area contributed by atoms with Gasteiger partial charge in [0.25, 0.3) is 0 Å². The molecule has 2 aromatic carbocycles. The zero-order valence-corrected chi connectivity index (χ0v) is 30.8. The van der Waals surface area contributed by atoms with E-state index in [4.69, 9.17) is 23.9 Å². The van der Waals surface area contributed by atoms with Gasteiger partial charge in [0.1, 0.15) is 11.5 Å². The Morgan fingerprint density at radius 1 is 0.854 bits per heavy atom. The second-order valence-electron chi connectivity index (χ2n) is 14.0. The average Bonchev–Trinajstić information content (AvgIpc) is 3.55. The van der Waals surface area contributed by atoms with Gasteiger partial charge in [-0.15, -0.1) is 0 Å². The fourth-order valence-corrected chi connectivity index (χ4v) is 6.76. The molecule has 5 rings (SSSR count). The largest absolute Gasteiger partial charge is 0.497 e. The molecule has 0 amide bonds. The molecular formula is C36H53N7O4Si. The number of fused-ring (bicyclic) bond motifs is 1. The number of ether oxygens (including phenoxy) is 2. The Kier molecular flexibility index (Phi) is 11.7. The summed E-state index contributed by atoms with van der Waals surface area (Å²) in [6, 6.07) is 12.1. The van der Waals surface area contributed by atoms with Crippen LogP contribution in [-0.2, 0) is 11.0 Å². The topological polar surface area (TPSA) is 101 Å². The fourth-order valence-electron chi connectivity index (χ4n) is 5.72. The van der Waals surface area contributed by atoms with E-state index in [9.17, 15) is 5.11 Å². The minimum atomic E-state index is -1.94. The average molecular weight is 676 g/mol. The van der Waals surface area contributed by atoms with Crippen LogP contribution in [0.5, 0.6) is 11.5 Å². The lowest BCUT2D eigenvalue weighted by atomic mass is 10.2. The van der Waals surface area contributed by atoms with Crippen LogP contribution < -0.4 is 14.4 Å². The van der Waals surface area contributed by atoms with E-state index in [1.165, 1.54) is 0 Å². The molecule has 1 N–H and O–H groups in total. The van der Waals surface area contributed by atoms with Gasteiger partial charge in [0.05, 0.1) is 56.6 Å². The molecule has 0 radical (unpaired) electrons. The van der Waals surface area contributed by atoms with Crippen LogP contribution >= 0.6 is 0 Å². The van der Waals surface area contributed by atoms with Crippen LogP contribution in [0, 0.1) is 0 Å². The number of anilines is 2. The number of rotatable bonds is 15. The van der Waals surface area contributed by atoms with Gasteiger partial charge >= 0.3 is 0 Å². The maximum Gasteiger partial charge on any atom is 0.192 e. The number of piperazine rings is 1. The van der Waals surface area contributed by atoms with Crippen molar-refractivity contribution in [3.63, 3.8) is 0 Å². The summed E-state index contributed by atoms with van der Waals surface area (Å²) in [6.45, 7) is 19.6. The van der Waals surface area contributed by atoms with Gasteiger partial charge in [-0.05, 0) is 49.3 Å². The van der Waals surface area contributed by atoms with E-state index < -0.39 is 8.32 Å². The van der Waals surface area contributed by atoms with E-state index in [0.29, 0.717) is 13.2 Å². The van der Waals surface area contributed by atoms with Crippen LogP contribution in [0.1, 0.15) is 27.2 Å². The molecule has 3 heterocycles. The van der Waals surface area contributed by atoms with E-state index in [1.807, 2.05) is 41.3 Å². The Labute approximate surface area is 286 Å². The highest BCUT2D eigenvalue weighted by molar-refractivity contribution is 6.74. The Morgan fingerprint density at radius 3 is 2.19 bits per heavy atom. The fraction of sp³-hybridized carbons (Fsp3) is 0.528. The van der Waals surface area contributed by atoms with Crippen molar-refractivity contribution >= 4 is 30.7 Å². The summed E-state index contributed by atoms with van der Waals surface area (Å²) < 4.78 is 19.8. The lowest BCUT2D eigenvalue weighted by Gasteiger charge is -2.37. The first-order valence-corrected chi connectivity index (χ1v) is 19.9. The van der Waals surface area contributed by atoms with Gasteiger partial charge in [0.2, 0.25) is 0 Å². The van der Waals surface area contributed by atoms with Crippen molar-refractivity contribution in [1.82, 2.24) is 29.5 Å². The summed E-state index contributed by atoms with van der Waals surface area (Å²) in [6.07, 6.45) is 6.79. The first kappa shape index (κ1) is 35.7. The highest BCUT2D eigenvalue weighted by Crippen LogP contribution is 2.38. The van der Waals surface area contributed by atoms with E-state index in [2.05, 4.69) is 72.0 Å². The van der Waals surface area contributed by atoms with Gasteiger partial charge in [-0.3, -0.25) is 14.6 Å². The molecule has 12 heteroatoms. The highest BCUT2D eigenvalue weighted by Gasteiger charge is 2.37.